The smallest absolute Gasteiger partial charge is 0.0629 e. The van der Waals surface area contributed by atoms with Gasteiger partial charge in [0.05, 0.1) is 11.4 Å². The summed E-state index contributed by atoms with van der Waals surface area (Å²) in [5.41, 5.74) is 6.10. The predicted octanol–water partition coefficient (Wildman–Crippen LogP) is 2.09. The van der Waals surface area contributed by atoms with Gasteiger partial charge in [-0.05, 0) is 45.2 Å². The van der Waals surface area contributed by atoms with Crippen LogP contribution in [-0.4, -0.2) is 19.6 Å². The van der Waals surface area contributed by atoms with E-state index in [2.05, 4.69) is 37.2 Å². The largest absolute Gasteiger partial charge is 0.272 e. The highest BCUT2D eigenvalue weighted by Crippen LogP contribution is 2.13. The molecule has 2 aromatic rings. The van der Waals surface area contributed by atoms with Crippen molar-refractivity contribution in [3.05, 3.63) is 34.4 Å². The van der Waals surface area contributed by atoms with Gasteiger partial charge >= 0.3 is 0 Å². The van der Waals surface area contributed by atoms with Crippen LogP contribution in [0, 0.1) is 27.7 Å². The van der Waals surface area contributed by atoms with Crippen molar-refractivity contribution in [1.82, 2.24) is 19.6 Å². The van der Waals surface area contributed by atoms with Crippen LogP contribution in [0.3, 0.4) is 0 Å². The molecule has 0 saturated heterocycles. The van der Waals surface area contributed by atoms with Gasteiger partial charge in [-0.15, -0.1) is 0 Å². The lowest BCUT2D eigenvalue weighted by atomic mass is 10.1. The predicted molar refractivity (Wildman–Crippen MR) is 68.1 cm³/mol. The maximum Gasteiger partial charge on any atom is 0.0629 e. The Kier molecular flexibility index (Phi) is 3.05. The minimum absolute atomic E-state index is 0.919. The number of nitrogens with zero attached hydrogens (tertiary/aromatic N) is 4. The van der Waals surface area contributed by atoms with E-state index in [1.807, 2.05) is 23.3 Å². The van der Waals surface area contributed by atoms with Crippen LogP contribution in [0.1, 0.15) is 28.2 Å². The summed E-state index contributed by atoms with van der Waals surface area (Å²) in [6.07, 6.45) is 3.10. The topological polar surface area (TPSA) is 35.6 Å². The molecule has 2 heterocycles. The van der Waals surface area contributed by atoms with Crippen LogP contribution in [-0.2, 0) is 20.0 Å². The highest BCUT2D eigenvalue weighted by molar-refractivity contribution is 5.24. The summed E-state index contributed by atoms with van der Waals surface area (Å²) in [6, 6.07) is 0. The molecule has 0 aliphatic rings. The molecule has 0 N–H and O–H groups in total. The first-order valence-electron chi connectivity index (χ1n) is 5.98. The first-order chi connectivity index (χ1) is 7.99. The highest BCUT2D eigenvalue weighted by atomic mass is 15.3. The van der Waals surface area contributed by atoms with Crippen LogP contribution in [0.15, 0.2) is 6.20 Å². The van der Waals surface area contributed by atoms with Crippen LogP contribution in [0.25, 0.3) is 0 Å². The SMILES string of the molecule is Cc1cn(CCc2c(C)nn(C)c2C)nc1C. The van der Waals surface area contributed by atoms with E-state index < -0.39 is 0 Å². The van der Waals surface area contributed by atoms with Crippen LogP contribution in [0.5, 0.6) is 0 Å². The zero-order chi connectivity index (χ0) is 12.6. The standard InChI is InChI=1S/C13H20N4/c1-9-8-17(15-10(9)2)7-6-13-11(3)14-16(5)12(13)4/h8H,6-7H2,1-5H3. The van der Waals surface area contributed by atoms with Crippen molar-refractivity contribution in [3.8, 4) is 0 Å². The first kappa shape index (κ1) is 11.9. The molecule has 2 aromatic heterocycles. The molecule has 0 aromatic carbocycles. The number of rotatable bonds is 3. The molecule has 0 amide bonds. The average Bonchev–Trinajstić information content (AvgIpc) is 2.69. The van der Waals surface area contributed by atoms with Crippen molar-refractivity contribution in [2.24, 2.45) is 7.05 Å². The number of hydrogen-bond donors (Lipinski definition) is 0. The lowest BCUT2D eigenvalue weighted by molar-refractivity contribution is 0.607. The Balaban J connectivity index is 2.12. The molecule has 0 unspecified atom stereocenters. The van der Waals surface area contributed by atoms with E-state index in [0.29, 0.717) is 0 Å². The maximum atomic E-state index is 4.48. The summed E-state index contributed by atoms with van der Waals surface area (Å²) in [5, 5.41) is 8.91. The molecule has 0 atom stereocenters. The molecular formula is C13H20N4. The Bertz CT molecular complexity index is 514. The van der Waals surface area contributed by atoms with Gasteiger partial charge in [-0.25, -0.2) is 0 Å². The normalized spacial score (nSPS) is 11.1. The minimum Gasteiger partial charge on any atom is -0.272 e. The zero-order valence-electron chi connectivity index (χ0n) is 11.3. The Morgan fingerprint density at radius 1 is 1.06 bits per heavy atom. The molecule has 0 aliphatic heterocycles. The second-order valence-corrected chi connectivity index (χ2v) is 4.68. The molecule has 2 rings (SSSR count). The molecule has 4 heteroatoms. The van der Waals surface area contributed by atoms with Crippen molar-refractivity contribution in [3.63, 3.8) is 0 Å². The van der Waals surface area contributed by atoms with E-state index in [0.717, 1.165) is 24.4 Å². The third-order valence-electron chi connectivity index (χ3n) is 3.44. The highest BCUT2D eigenvalue weighted by Gasteiger charge is 2.09. The van der Waals surface area contributed by atoms with Crippen molar-refractivity contribution in [2.45, 2.75) is 40.7 Å². The number of aromatic nitrogens is 4. The lowest BCUT2D eigenvalue weighted by Crippen LogP contribution is -2.03. The van der Waals surface area contributed by atoms with Gasteiger partial charge in [0.15, 0.2) is 0 Å². The fourth-order valence-corrected chi connectivity index (χ4v) is 2.14. The Labute approximate surface area is 102 Å². The van der Waals surface area contributed by atoms with Gasteiger partial charge in [0.1, 0.15) is 0 Å². The number of aryl methyl sites for hydroxylation is 5. The fraction of sp³-hybridized carbons (Fsp3) is 0.538. The van der Waals surface area contributed by atoms with Crippen LogP contribution in [0.2, 0.25) is 0 Å². The van der Waals surface area contributed by atoms with E-state index in [1.54, 1.807) is 0 Å². The summed E-state index contributed by atoms with van der Waals surface area (Å²) >= 11 is 0. The second-order valence-electron chi connectivity index (χ2n) is 4.68. The van der Waals surface area contributed by atoms with Crippen LogP contribution < -0.4 is 0 Å². The summed E-state index contributed by atoms with van der Waals surface area (Å²) in [6.45, 7) is 9.25. The van der Waals surface area contributed by atoms with Crippen LogP contribution in [0.4, 0.5) is 0 Å². The van der Waals surface area contributed by atoms with E-state index in [1.165, 1.54) is 16.8 Å². The lowest BCUT2D eigenvalue weighted by Gasteiger charge is -2.02. The third-order valence-corrected chi connectivity index (χ3v) is 3.44. The van der Waals surface area contributed by atoms with Crippen LogP contribution >= 0.6 is 0 Å². The van der Waals surface area contributed by atoms with Crippen molar-refractivity contribution < 1.29 is 0 Å². The van der Waals surface area contributed by atoms with Crippen molar-refractivity contribution in [1.29, 1.82) is 0 Å². The monoisotopic (exact) mass is 232 g/mol. The Morgan fingerprint density at radius 2 is 1.76 bits per heavy atom. The molecule has 0 radical (unpaired) electrons. The van der Waals surface area contributed by atoms with Gasteiger partial charge in [0, 0.05) is 25.5 Å². The van der Waals surface area contributed by atoms with Crippen molar-refractivity contribution in [2.75, 3.05) is 0 Å². The fourth-order valence-electron chi connectivity index (χ4n) is 2.14. The molecule has 0 fully saturated rings. The van der Waals surface area contributed by atoms with E-state index in [-0.39, 0.29) is 0 Å². The second kappa shape index (κ2) is 4.35. The van der Waals surface area contributed by atoms with E-state index in [9.17, 15) is 0 Å². The maximum absolute atomic E-state index is 4.48. The molecule has 92 valence electrons. The molecule has 0 saturated carbocycles. The first-order valence-corrected chi connectivity index (χ1v) is 5.98. The summed E-state index contributed by atoms with van der Waals surface area (Å²) in [4.78, 5) is 0. The third kappa shape index (κ3) is 2.25. The summed E-state index contributed by atoms with van der Waals surface area (Å²) in [7, 11) is 1.99. The van der Waals surface area contributed by atoms with Gasteiger partial charge in [-0.2, -0.15) is 10.2 Å². The summed E-state index contributed by atoms with van der Waals surface area (Å²) < 4.78 is 3.97. The van der Waals surface area contributed by atoms with Gasteiger partial charge < -0.3 is 0 Å². The Hall–Kier alpha value is -1.58. The quantitative estimate of drug-likeness (QED) is 0.812. The molecule has 0 aliphatic carbocycles. The van der Waals surface area contributed by atoms with Gasteiger partial charge in [-0.3, -0.25) is 9.36 Å². The van der Waals surface area contributed by atoms with E-state index in [4.69, 9.17) is 0 Å². The molecule has 0 spiro atoms. The van der Waals surface area contributed by atoms with Crippen molar-refractivity contribution >= 4 is 0 Å². The Morgan fingerprint density at radius 3 is 2.24 bits per heavy atom. The molecular weight excluding hydrogens is 212 g/mol. The molecule has 4 nitrogen and oxygen atoms in total. The molecule has 0 bridgehead atoms. The van der Waals surface area contributed by atoms with E-state index >= 15 is 0 Å². The summed E-state index contributed by atoms with van der Waals surface area (Å²) in [5.74, 6) is 0. The molecule has 17 heavy (non-hydrogen) atoms. The minimum atomic E-state index is 0.919. The van der Waals surface area contributed by atoms with Gasteiger partial charge in [-0.1, -0.05) is 0 Å². The average molecular weight is 232 g/mol. The number of hydrogen-bond acceptors (Lipinski definition) is 2. The van der Waals surface area contributed by atoms with Gasteiger partial charge in [0.2, 0.25) is 0 Å². The van der Waals surface area contributed by atoms with Gasteiger partial charge in [0.25, 0.3) is 0 Å². The zero-order valence-corrected chi connectivity index (χ0v) is 11.3.